The van der Waals surface area contributed by atoms with Gasteiger partial charge in [-0.1, -0.05) is 153 Å². The Morgan fingerprint density at radius 1 is 0.519 bits per heavy atom. The van der Waals surface area contributed by atoms with E-state index in [4.69, 9.17) is 130 Å². The van der Waals surface area contributed by atoms with Gasteiger partial charge in [-0.25, -0.2) is 4.57 Å². The predicted octanol–water partition coefficient (Wildman–Crippen LogP) is 15.9. The molecule has 0 fully saturated rings. The number of nitrogens with zero attached hydrogens (tertiary/aromatic N) is 2. The van der Waals surface area contributed by atoms with Gasteiger partial charge in [0.25, 0.3) is 0 Å². The van der Waals surface area contributed by atoms with Crippen LogP contribution >= 0.6 is 101 Å². The van der Waals surface area contributed by atoms with E-state index in [1.165, 1.54) is 24.3 Å². The summed E-state index contributed by atoms with van der Waals surface area (Å²) in [4.78, 5) is 15.9. The van der Waals surface area contributed by atoms with E-state index >= 15 is 4.57 Å². The molecule has 424 valence electrons. The van der Waals surface area contributed by atoms with Crippen LogP contribution in [0.1, 0.15) is 33.4 Å². The number of ether oxygens (including phenoxy) is 6. The average molecular weight is 1260 g/mol. The Kier molecular flexibility index (Phi) is 25.8. The molecule has 6 aromatic rings. The summed E-state index contributed by atoms with van der Waals surface area (Å²) in [6, 6.07) is 36.6. The average Bonchev–Trinajstić information content (AvgIpc) is 3.44. The maximum absolute atomic E-state index is 15.0. The highest BCUT2D eigenvalue weighted by molar-refractivity contribution is 7.47. The van der Waals surface area contributed by atoms with Gasteiger partial charge < -0.3 is 43.1 Å². The second-order valence-electron chi connectivity index (χ2n) is 18.5. The van der Waals surface area contributed by atoms with E-state index in [1.807, 2.05) is 135 Å². The highest BCUT2D eigenvalue weighted by atomic mass is 35.5. The highest BCUT2D eigenvalue weighted by Gasteiger charge is 2.39. The molecule has 1 N–H and O–H groups in total. The summed E-state index contributed by atoms with van der Waals surface area (Å²) in [5.74, 6) is 2.72. The molecule has 12 nitrogen and oxygen atoms in total. The largest absolute Gasteiger partial charge is 0.497 e. The van der Waals surface area contributed by atoms with Crippen LogP contribution in [0.5, 0.6) is 23.0 Å². The van der Waals surface area contributed by atoms with E-state index in [0.717, 1.165) is 44.8 Å². The van der Waals surface area contributed by atoms with Crippen molar-refractivity contribution in [2.24, 2.45) is 0 Å². The molecule has 0 aliphatic rings. The number of phosphoric acid groups is 1. The second-order valence-corrected chi connectivity index (χ2v) is 22.8. The molecule has 0 aliphatic carbocycles. The van der Waals surface area contributed by atoms with Gasteiger partial charge in [-0.15, -0.1) is 0 Å². The Bertz CT molecular complexity index is 2880. The van der Waals surface area contributed by atoms with Crippen LogP contribution in [0.2, 0.25) is 30.1 Å². The van der Waals surface area contributed by atoms with E-state index in [2.05, 4.69) is 0 Å². The smallest absolute Gasteiger partial charge is 0.477 e. The van der Waals surface area contributed by atoms with E-state index in [1.54, 1.807) is 14.2 Å². The predicted molar refractivity (Wildman–Crippen MR) is 322 cm³/mol. The van der Waals surface area contributed by atoms with Gasteiger partial charge in [0, 0.05) is 56.5 Å². The van der Waals surface area contributed by atoms with Crippen LogP contribution in [-0.4, -0.2) is 108 Å². The van der Waals surface area contributed by atoms with Gasteiger partial charge in [0.1, 0.15) is 48.4 Å². The standard InChI is InChI=1S/C58H61Cl8N2O10P/c1-67(2)33-43(35-73-55-19-9-7-15-39(55)23-21-37-13-11-17-41(25-37)71-5)75-57(47(31-59)45-27-51(63)53(65)29-49(45)61)77-79(69,70)78-58(48(32-60)46-28-52(64)54(66)30-50(46)62)76-44(34-68(3)4)36-74-56-20-10-8-16-40(56)24-22-38-14-12-18-42(26-38)72-6/h7-20,25-32,43-44,57-58H,21-24,33-36H2,1-6H3,(H,69,70)/b47-31-,48-32+/t43-,44-,57?,58?/m1/s1. The van der Waals surface area contributed by atoms with Crippen molar-refractivity contribution in [3.05, 3.63) is 196 Å². The van der Waals surface area contributed by atoms with Crippen molar-refractivity contribution in [1.29, 1.82) is 0 Å². The molecule has 0 saturated carbocycles. The van der Waals surface area contributed by atoms with Crippen LogP contribution in [0.3, 0.4) is 0 Å². The molecule has 79 heavy (non-hydrogen) atoms. The second kappa shape index (κ2) is 31.6. The zero-order valence-electron chi connectivity index (χ0n) is 44.2. The molecule has 0 spiro atoms. The first-order valence-electron chi connectivity index (χ1n) is 24.7. The summed E-state index contributed by atoms with van der Waals surface area (Å²) in [5, 5.41) is 0.586. The third kappa shape index (κ3) is 19.7. The van der Waals surface area contributed by atoms with Gasteiger partial charge in [0.2, 0.25) is 0 Å². The molecule has 6 rings (SSSR count). The molecule has 0 aromatic heterocycles. The van der Waals surface area contributed by atoms with Crippen molar-refractivity contribution >= 4 is 112 Å². The zero-order valence-corrected chi connectivity index (χ0v) is 51.1. The summed E-state index contributed by atoms with van der Waals surface area (Å²) in [6.07, 6.45) is -2.74. The minimum absolute atomic E-state index is 0.0346. The molecular weight excluding hydrogens is 1200 g/mol. The van der Waals surface area contributed by atoms with Crippen LogP contribution in [0.15, 0.2) is 132 Å². The minimum atomic E-state index is -5.47. The van der Waals surface area contributed by atoms with Gasteiger partial charge in [-0.2, -0.15) is 0 Å². The van der Waals surface area contributed by atoms with Crippen LogP contribution in [0.25, 0.3) is 11.1 Å². The lowest BCUT2D eigenvalue weighted by Crippen LogP contribution is -2.38. The van der Waals surface area contributed by atoms with Crippen LogP contribution in [0.4, 0.5) is 0 Å². The third-order valence-corrected chi connectivity index (χ3v) is 15.5. The normalized spacial score (nSPS) is 14.4. The monoisotopic (exact) mass is 1260 g/mol. The molecule has 0 heterocycles. The minimum Gasteiger partial charge on any atom is -0.497 e. The van der Waals surface area contributed by atoms with Gasteiger partial charge in [0.05, 0.1) is 34.3 Å². The number of hydrogen-bond acceptors (Lipinski definition) is 11. The molecule has 0 aliphatic heterocycles. The van der Waals surface area contributed by atoms with E-state index in [9.17, 15) is 4.89 Å². The number of methoxy groups -OCH3 is 2. The number of phosphoric ester groups is 1. The number of halogens is 8. The summed E-state index contributed by atoms with van der Waals surface area (Å²) in [7, 11) is 5.10. The van der Waals surface area contributed by atoms with Crippen LogP contribution < -0.4 is 18.9 Å². The quantitative estimate of drug-likeness (QED) is 0.0263. The number of hydrogen-bond donors (Lipinski definition) is 1. The molecule has 0 saturated heterocycles. The number of likely N-dealkylation sites (N-methyl/N-ethyl adjacent to an activating group) is 2. The Labute approximate surface area is 503 Å². The molecule has 21 heteroatoms. The fraction of sp³-hybridized carbons (Fsp3) is 0.310. The summed E-state index contributed by atoms with van der Waals surface area (Å²) in [6.45, 7) is 0.271. The van der Waals surface area contributed by atoms with Crippen LogP contribution in [-0.2, 0) is 48.8 Å². The molecule has 0 amide bonds. The maximum atomic E-state index is 15.0. The lowest BCUT2D eigenvalue weighted by molar-refractivity contribution is -0.137. The molecule has 5 atom stereocenters. The Morgan fingerprint density at radius 3 is 1.27 bits per heavy atom. The summed E-state index contributed by atoms with van der Waals surface area (Å²) >= 11 is 52.7. The lowest BCUT2D eigenvalue weighted by Gasteiger charge is -2.32. The third-order valence-electron chi connectivity index (χ3n) is 12.0. The number of rotatable bonds is 30. The fourth-order valence-electron chi connectivity index (χ4n) is 8.25. The summed E-state index contributed by atoms with van der Waals surface area (Å²) < 4.78 is 64.4. The number of aryl methyl sites for hydroxylation is 4. The highest BCUT2D eigenvalue weighted by Crippen LogP contribution is 2.52. The Morgan fingerprint density at radius 2 is 0.899 bits per heavy atom. The fourth-order valence-corrected chi connectivity index (χ4v) is 10.9. The first-order valence-corrected chi connectivity index (χ1v) is 29.3. The molecule has 0 radical (unpaired) electrons. The number of para-hydroxylation sites is 2. The lowest BCUT2D eigenvalue weighted by atomic mass is 10.0. The Balaban J connectivity index is 1.33. The van der Waals surface area contributed by atoms with Crippen molar-refractivity contribution in [3.63, 3.8) is 0 Å². The Hall–Kier alpha value is -3.73. The first kappa shape index (κ1) is 64.4. The molecule has 6 aromatic carbocycles. The van der Waals surface area contributed by atoms with E-state index in [0.29, 0.717) is 37.2 Å². The van der Waals surface area contributed by atoms with Gasteiger partial charge >= 0.3 is 7.82 Å². The maximum Gasteiger partial charge on any atom is 0.477 e. The summed E-state index contributed by atoms with van der Waals surface area (Å²) in [5.41, 5.74) is 6.46. The van der Waals surface area contributed by atoms with Crippen LogP contribution in [0, 0.1) is 0 Å². The van der Waals surface area contributed by atoms with Gasteiger partial charge in [0.15, 0.2) is 12.6 Å². The molecular formula is C58H61Cl8N2O10P. The van der Waals surface area contributed by atoms with Crippen molar-refractivity contribution in [2.45, 2.75) is 50.5 Å². The van der Waals surface area contributed by atoms with Gasteiger partial charge in [-0.05, 0) is 137 Å². The van der Waals surface area contributed by atoms with E-state index in [-0.39, 0.29) is 78.7 Å². The van der Waals surface area contributed by atoms with Crippen molar-refractivity contribution < 1.29 is 46.9 Å². The van der Waals surface area contributed by atoms with Gasteiger partial charge in [-0.3, -0.25) is 9.05 Å². The van der Waals surface area contributed by atoms with Crippen molar-refractivity contribution in [3.8, 4) is 23.0 Å². The van der Waals surface area contributed by atoms with Crippen molar-refractivity contribution in [2.75, 3.05) is 68.7 Å². The number of benzene rings is 6. The van der Waals surface area contributed by atoms with E-state index < -0.39 is 32.6 Å². The topological polar surface area (TPSA) is 118 Å². The first-order chi connectivity index (χ1) is 37.8. The zero-order chi connectivity index (χ0) is 57.2. The molecule has 3 unspecified atom stereocenters. The van der Waals surface area contributed by atoms with Crippen molar-refractivity contribution in [1.82, 2.24) is 9.80 Å². The SMILES string of the molecule is COc1cccc(CCc2ccccc2OC[C@@H](CN(C)C)OC(OP(=O)(O)OC(O[C@@H](COc2ccccc2CCc2cccc(OC)c2)CN(C)C)/C(=C/Cl)c2cc(Cl)c(Cl)cc2Cl)/C(=C\Cl)c2cc(Cl)c(Cl)cc2Cl)c1. The molecule has 0 bridgehead atoms.